The fraction of sp³-hybridized carbons (Fsp3) is 0.308. The van der Waals surface area contributed by atoms with Gasteiger partial charge in [-0.2, -0.15) is 5.10 Å². The van der Waals surface area contributed by atoms with Gasteiger partial charge in [-0.1, -0.05) is 0 Å². The van der Waals surface area contributed by atoms with Crippen LogP contribution < -0.4 is 10.2 Å². The number of aromatic amines is 2. The molecule has 4 aromatic heterocycles. The minimum Gasteiger partial charge on any atom is -0.382 e. The van der Waals surface area contributed by atoms with E-state index < -0.39 is 0 Å². The average Bonchev–Trinajstić information content (AvgIpc) is 3.47. The van der Waals surface area contributed by atoms with Gasteiger partial charge in [-0.05, 0) is 39.1 Å². The van der Waals surface area contributed by atoms with Crippen LogP contribution in [0.25, 0.3) is 44.7 Å². The summed E-state index contributed by atoms with van der Waals surface area (Å²) in [4.78, 5) is 21.7. The lowest BCUT2D eigenvalue weighted by Crippen LogP contribution is -2.44. The summed E-state index contributed by atoms with van der Waals surface area (Å²) in [5.74, 6) is 0.251. The standard InChI is InChI=1S/C26H28FN9/c1-15(2)30-17-10-16(13-28-14-17)18-11-19-21(12-20(18)27)33-34-23(19)26-31-24-22(4-5-29-25(24)32-26)36-8-6-35(3)7-9-36/h4-5,10-15,30H,6-9H2,1-3H3,(H,33,34)(H,29,31,32). The second-order valence-electron chi connectivity index (χ2n) is 9.62. The number of nitrogens with one attached hydrogen (secondary N) is 3. The van der Waals surface area contributed by atoms with Gasteiger partial charge in [0.2, 0.25) is 0 Å². The molecule has 10 heteroatoms. The van der Waals surface area contributed by atoms with Crippen LogP contribution in [0.3, 0.4) is 0 Å². The lowest BCUT2D eigenvalue weighted by molar-refractivity contribution is 0.313. The van der Waals surface area contributed by atoms with Crippen LogP contribution in [0.1, 0.15) is 13.8 Å². The number of benzene rings is 1. The van der Waals surface area contributed by atoms with Crippen molar-refractivity contribution in [2.45, 2.75) is 19.9 Å². The molecule has 0 radical (unpaired) electrons. The van der Waals surface area contributed by atoms with Crippen molar-refractivity contribution >= 4 is 33.4 Å². The van der Waals surface area contributed by atoms with Gasteiger partial charge in [0.1, 0.15) is 17.0 Å². The number of aromatic nitrogens is 6. The third-order valence-corrected chi connectivity index (χ3v) is 6.59. The van der Waals surface area contributed by atoms with Crippen molar-refractivity contribution in [3.63, 3.8) is 0 Å². The Hall–Kier alpha value is -4.05. The molecule has 5 heterocycles. The van der Waals surface area contributed by atoms with Crippen LogP contribution in [0.2, 0.25) is 0 Å². The zero-order chi connectivity index (χ0) is 24.8. The maximum Gasteiger partial charge on any atom is 0.180 e. The quantitative estimate of drug-likeness (QED) is 0.342. The Morgan fingerprint density at radius 2 is 1.92 bits per heavy atom. The number of pyridine rings is 2. The van der Waals surface area contributed by atoms with Crippen LogP contribution in [0.15, 0.2) is 42.9 Å². The van der Waals surface area contributed by atoms with Gasteiger partial charge in [0, 0.05) is 73.4 Å². The van der Waals surface area contributed by atoms with Crippen LogP contribution in [0.5, 0.6) is 0 Å². The Balaban J connectivity index is 1.42. The monoisotopic (exact) mass is 485 g/mol. The van der Waals surface area contributed by atoms with E-state index in [-0.39, 0.29) is 11.9 Å². The highest BCUT2D eigenvalue weighted by atomic mass is 19.1. The molecule has 1 aromatic carbocycles. The first kappa shape index (κ1) is 22.4. The number of likely N-dealkylation sites (N-methyl/N-ethyl adjacent to an activating group) is 1. The smallest absolute Gasteiger partial charge is 0.180 e. The van der Waals surface area contributed by atoms with E-state index in [2.05, 4.69) is 47.3 Å². The topological polar surface area (TPSA) is 102 Å². The molecule has 1 fully saturated rings. The molecule has 6 rings (SSSR count). The normalized spacial score (nSPS) is 14.9. The minimum atomic E-state index is -0.343. The van der Waals surface area contributed by atoms with Gasteiger partial charge < -0.3 is 20.1 Å². The molecule has 1 aliphatic heterocycles. The molecule has 184 valence electrons. The van der Waals surface area contributed by atoms with Crippen LogP contribution in [-0.2, 0) is 0 Å². The van der Waals surface area contributed by atoms with Crippen molar-refractivity contribution < 1.29 is 4.39 Å². The summed E-state index contributed by atoms with van der Waals surface area (Å²) in [6, 6.07) is 7.45. The summed E-state index contributed by atoms with van der Waals surface area (Å²) in [6.07, 6.45) is 5.20. The molecule has 1 aliphatic rings. The van der Waals surface area contributed by atoms with Crippen LogP contribution in [-0.4, -0.2) is 74.3 Å². The van der Waals surface area contributed by atoms with Gasteiger partial charge in [-0.15, -0.1) is 0 Å². The van der Waals surface area contributed by atoms with Crippen molar-refractivity contribution in [2.24, 2.45) is 0 Å². The number of fused-ring (bicyclic) bond motifs is 2. The molecule has 3 N–H and O–H groups in total. The van der Waals surface area contributed by atoms with Gasteiger partial charge in [0.15, 0.2) is 11.5 Å². The van der Waals surface area contributed by atoms with Crippen molar-refractivity contribution in [1.82, 2.24) is 35.0 Å². The second-order valence-corrected chi connectivity index (χ2v) is 9.62. The first-order chi connectivity index (χ1) is 17.5. The molecule has 1 saturated heterocycles. The molecular formula is C26H28FN9. The van der Waals surface area contributed by atoms with E-state index in [0.717, 1.165) is 48.5 Å². The highest BCUT2D eigenvalue weighted by Crippen LogP contribution is 2.34. The summed E-state index contributed by atoms with van der Waals surface area (Å²) < 4.78 is 15.1. The number of H-pyrrole nitrogens is 2. The number of nitrogens with zero attached hydrogens (tertiary/aromatic N) is 6. The molecule has 5 aromatic rings. The molecular weight excluding hydrogens is 457 g/mol. The van der Waals surface area contributed by atoms with E-state index in [9.17, 15) is 0 Å². The van der Waals surface area contributed by atoms with Crippen molar-refractivity contribution in [3.05, 3.63) is 48.7 Å². The fourth-order valence-electron chi connectivity index (χ4n) is 4.76. The highest BCUT2D eigenvalue weighted by Gasteiger charge is 2.21. The van der Waals surface area contributed by atoms with E-state index in [4.69, 9.17) is 4.98 Å². The summed E-state index contributed by atoms with van der Waals surface area (Å²) in [7, 11) is 2.14. The third-order valence-electron chi connectivity index (χ3n) is 6.59. The second kappa shape index (κ2) is 8.87. The largest absolute Gasteiger partial charge is 0.382 e. The molecule has 0 atom stereocenters. The number of imidazole rings is 1. The SMILES string of the molecule is CC(C)Nc1cncc(-c2cc3c(-c4nc5nccc(N6CCN(C)CC6)c5[nH]4)n[nH]c3cc2F)c1. The van der Waals surface area contributed by atoms with Gasteiger partial charge in [-0.25, -0.2) is 14.4 Å². The van der Waals surface area contributed by atoms with Crippen LogP contribution >= 0.6 is 0 Å². The van der Waals surface area contributed by atoms with Crippen molar-refractivity contribution in [3.8, 4) is 22.6 Å². The number of halogens is 1. The van der Waals surface area contributed by atoms with Crippen molar-refractivity contribution in [2.75, 3.05) is 43.4 Å². The summed E-state index contributed by atoms with van der Waals surface area (Å²) in [6.45, 7) is 7.99. The summed E-state index contributed by atoms with van der Waals surface area (Å²) >= 11 is 0. The Morgan fingerprint density at radius 1 is 1.08 bits per heavy atom. The Morgan fingerprint density at radius 3 is 2.72 bits per heavy atom. The van der Waals surface area contributed by atoms with E-state index in [0.29, 0.717) is 33.8 Å². The van der Waals surface area contributed by atoms with E-state index in [1.165, 1.54) is 6.07 Å². The van der Waals surface area contributed by atoms with E-state index >= 15 is 4.39 Å². The lowest BCUT2D eigenvalue weighted by atomic mass is 10.0. The van der Waals surface area contributed by atoms with Crippen LogP contribution in [0, 0.1) is 5.82 Å². The van der Waals surface area contributed by atoms with E-state index in [1.807, 2.05) is 32.0 Å². The molecule has 0 amide bonds. The number of hydrogen-bond acceptors (Lipinski definition) is 7. The van der Waals surface area contributed by atoms with Gasteiger partial charge in [-0.3, -0.25) is 10.1 Å². The first-order valence-corrected chi connectivity index (χ1v) is 12.1. The fourth-order valence-corrected chi connectivity index (χ4v) is 4.76. The first-order valence-electron chi connectivity index (χ1n) is 12.1. The van der Waals surface area contributed by atoms with Gasteiger partial charge >= 0.3 is 0 Å². The Bertz CT molecular complexity index is 1550. The molecule has 0 saturated carbocycles. The molecule has 0 spiro atoms. The highest BCUT2D eigenvalue weighted by molar-refractivity contribution is 5.97. The third kappa shape index (κ3) is 4.03. The van der Waals surface area contributed by atoms with Crippen LogP contribution in [0.4, 0.5) is 15.8 Å². The summed E-state index contributed by atoms with van der Waals surface area (Å²) in [5, 5.41) is 11.5. The number of anilines is 2. The molecule has 0 aliphatic carbocycles. The molecule has 0 bridgehead atoms. The van der Waals surface area contributed by atoms with Gasteiger partial charge in [0.25, 0.3) is 0 Å². The molecule has 0 unspecified atom stereocenters. The maximum atomic E-state index is 15.1. The maximum absolute atomic E-state index is 15.1. The predicted molar refractivity (Wildman–Crippen MR) is 141 cm³/mol. The predicted octanol–water partition coefficient (Wildman–Crippen LogP) is 4.27. The molecule has 9 nitrogen and oxygen atoms in total. The zero-order valence-corrected chi connectivity index (χ0v) is 20.5. The number of piperazine rings is 1. The van der Waals surface area contributed by atoms with E-state index in [1.54, 1.807) is 18.6 Å². The Labute approximate surface area is 207 Å². The minimum absolute atomic E-state index is 0.243. The summed E-state index contributed by atoms with van der Waals surface area (Å²) in [5.41, 5.74) is 5.81. The lowest BCUT2D eigenvalue weighted by Gasteiger charge is -2.34. The van der Waals surface area contributed by atoms with Gasteiger partial charge in [0.05, 0.1) is 16.9 Å². The molecule has 36 heavy (non-hydrogen) atoms. The van der Waals surface area contributed by atoms with Crippen molar-refractivity contribution in [1.29, 1.82) is 0 Å². The number of rotatable bonds is 5. The Kier molecular flexibility index (Phi) is 5.52. The number of hydrogen-bond donors (Lipinski definition) is 3. The zero-order valence-electron chi connectivity index (χ0n) is 20.5. The average molecular weight is 486 g/mol.